The standard InChI is InChI=1S/C18H22ClNO/c1-14(5-6-15-7-9-18(21)10-8-15)20-12-11-16-3-2-4-17(19)13-16/h2-4,7-10,13-14,20-21H,5-6,11-12H2,1H3/p+1/t14-/m1/s1. The average Bonchev–Trinajstić information content (AvgIpc) is 2.47. The number of halogens is 1. The van der Waals surface area contributed by atoms with Crippen LogP contribution >= 0.6 is 11.6 Å². The van der Waals surface area contributed by atoms with Crippen molar-refractivity contribution in [1.82, 2.24) is 0 Å². The molecule has 0 aliphatic carbocycles. The SMILES string of the molecule is C[C@H](CCc1ccc(O)cc1)[NH2+]CCc1cccc(Cl)c1. The summed E-state index contributed by atoms with van der Waals surface area (Å²) in [7, 11) is 0. The van der Waals surface area contributed by atoms with Gasteiger partial charge in [0.05, 0.1) is 12.6 Å². The lowest BCUT2D eigenvalue weighted by Gasteiger charge is -2.11. The maximum atomic E-state index is 9.26. The van der Waals surface area contributed by atoms with Gasteiger partial charge in [0.2, 0.25) is 0 Å². The van der Waals surface area contributed by atoms with Gasteiger partial charge in [-0.2, -0.15) is 0 Å². The van der Waals surface area contributed by atoms with Gasteiger partial charge in [-0.25, -0.2) is 0 Å². The second-order valence-corrected chi connectivity index (χ2v) is 6.02. The van der Waals surface area contributed by atoms with Crippen LogP contribution in [-0.4, -0.2) is 17.7 Å². The molecular weight excluding hydrogens is 282 g/mol. The van der Waals surface area contributed by atoms with Crippen LogP contribution in [0.3, 0.4) is 0 Å². The van der Waals surface area contributed by atoms with E-state index in [0.29, 0.717) is 11.8 Å². The summed E-state index contributed by atoms with van der Waals surface area (Å²) in [4.78, 5) is 0. The fraction of sp³-hybridized carbons (Fsp3) is 0.333. The maximum Gasteiger partial charge on any atom is 0.115 e. The highest BCUT2D eigenvalue weighted by Crippen LogP contribution is 2.12. The van der Waals surface area contributed by atoms with Crippen LogP contribution < -0.4 is 5.32 Å². The number of quaternary nitrogens is 1. The summed E-state index contributed by atoms with van der Waals surface area (Å²) in [6.45, 7) is 3.34. The summed E-state index contributed by atoms with van der Waals surface area (Å²) in [5.41, 5.74) is 2.58. The van der Waals surface area contributed by atoms with Crippen LogP contribution in [-0.2, 0) is 12.8 Å². The van der Waals surface area contributed by atoms with Crippen LogP contribution in [0.25, 0.3) is 0 Å². The van der Waals surface area contributed by atoms with Gasteiger partial charge < -0.3 is 10.4 Å². The van der Waals surface area contributed by atoms with Crippen molar-refractivity contribution in [3.63, 3.8) is 0 Å². The van der Waals surface area contributed by atoms with Crippen molar-refractivity contribution in [2.75, 3.05) is 6.54 Å². The molecule has 2 aromatic rings. The third-order valence-corrected chi connectivity index (χ3v) is 3.95. The van der Waals surface area contributed by atoms with Crippen molar-refractivity contribution in [1.29, 1.82) is 0 Å². The zero-order chi connectivity index (χ0) is 15.1. The molecule has 0 fully saturated rings. The third kappa shape index (κ3) is 5.78. The lowest BCUT2D eigenvalue weighted by atomic mass is 10.1. The molecule has 21 heavy (non-hydrogen) atoms. The first-order chi connectivity index (χ1) is 10.1. The van der Waals surface area contributed by atoms with Crippen LogP contribution in [0.4, 0.5) is 0 Å². The lowest BCUT2D eigenvalue weighted by molar-refractivity contribution is -0.686. The zero-order valence-electron chi connectivity index (χ0n) is 12.4. The van der Waals surface area contributed by atoms with Crippen molar-refractivity contribution < 1.29 is 10.4 Å². The van der Waals surface area contributed by atoms with E-state index in [1.54, 1.807) is 12.1 Å². The number of hydrogen-bond acceptors (Lipinski definition) is 1. The van der Waals surface area contributed by atoms with Crippen molar-refractivity contribution in [3.8, 4) is 5.75 Å². The predicted molar refractivity (Wildman–Crippen MR) is 87.8 cm³/mol. The monoisotopic (exact) mass is 304 g/mol. The molecule has 0 radical (unpaired) electrons. The van der Waals surface area contributed by atoms with E-state index in [-0.39, 0.29) is 0 Å². The molecule has 0 aliphatic rings. The Kier molecular flexibility index (Phi) is 6.09. The number of rotatable bonds is 7. The van der Waals surface area contributed by atoms with E-state index in [4.69, 9.17) is 11.6 Å². The van der Waals surface area contributed by atoms with Crippen LogP contribution in [0.15, 0.2) is 48.5 Å². The minimum atomic E-state index is 0.333. The number of phenols is 1. The number of hydrogen-bond donors (Lipinski definition) is 2. The number of phenolic OH excluding ortho intramolecular Hbond substituents is 1. The Hall–Kier alpha value is -1.51. The first-order valence-electron chi connectivity index (χ1n) is 7.49. The van der Waals surface area contributed by atoms with E-state index in [0.717, 1.165) is 30.8 Å². The lowest BCUT2D eigenvalue weighted by Crippen LogP contribution is -2.89. The van der Waals surface area contributed by atoms with E-state index in [1.165, 1.54) is 11.1 Å². The third-order valence-electron chi connectivity index (χ3n) is 3.72. The molecule has 1 atom stereocenters. The van der Waals surface area contributed by atoms with Crippen molar-refractivity contribution in [3.05, 3.63) is 64.7 Å². The van der Waals surface area contributed by atoms with E-state index in [1.807, 2.05) is 30.3 Å². The van der Waals surface area contributed by atoms with E-state index >= 15 is 0 Å². The van der Waals surface area contributed by atoms with Gasteiger partial charge in [-0.1, -0.05) is 35.9 Å². The molecule has 0 saturated heterocycles. The second kappa shape index (κ2) is 8.06. The van der Waals surface area contributed by atoms with Gasteiger partial charge in [-0.05, 0) is 48.7 Å². The van der Waals surface area contributed by atoms with Crippen molar-refractivity contribution in [2.45, 2.75) is 32.2 Å². The van der Waals surface area contributed by atoms with Gasteiger partial charge in [-0.3, -0.25) is 0 Å². The van der Waals surface area contributed by atoms with Crippen LogP contribution in [0.2, 0.25) is 5.02 Å². The van der Waals surface area contributed by atoms with Gasteiger partial charge in [0, 0.05) is 17.9 Å². The Labute approximate surface area is 131 Å². The van der Waals surface area contributed by atoms with Gasteiger partial charge in [0.1, 0.15) is 5.75 Å². The molecule has 3 heteroatoms. The first-order valence-corrected chi connectivity index (χ1v) is 7.87. The summed E-state index contributed by atoms with van der Waals surface area (Å²) in [5, 5.41) is 12.5. The summed E-state index contributed by atoms with van der Waals surface area (Å²) in [6, 6.07) is 16.2. The highest BCUT2D eigenvalue weighted by Gasteiger charge is 2.06. The number of aromatic hydroxyl groups is 1. The Morgan fingerprint density at radius 1 is 1.05 bits per heavy atom. The van der Waals surface area contributed by atoms with Gasteiger partial charge >= 0.3 is 0 Å². The van der Waals surface area contributed by atoms with E-state index in [9.17, 15) is 5.11 Å². The molecule has 0 spiro atoms. The summed E-state index contributed by atoms with van der Waals surface area (Å²) in [5.74, 6) is 0.333. The van der Waals surface area contributed by atoms with E-state index in [2.05, 4.69) is 18.3 Å². The molecule has 0 heterocycles. The molecule has 2 nitrogen and oxygen atoms in total. The molecular formula is C18H23ClNO+. The van der Waals surface area contributed by atoms with Gasteiger partial charge in [0.15, 0.2) is 0 Å². The average molecular weight is 305 g/mol. The molecule has 3 N–H and O–H groups in total. The van der Waals surface area contributed by atoms with Crippen molar-refractivity contribution in [2.24, 2.45) is 0 Å². The molecule has 0 saturated carbocycles. The number of aryl methyl sites for hydroxylation is 1. The normalized spacial score (nSPS) is 12.3. The summed E-state index contributed by atoms with van der Waals surface area (Å²) in [6.07, 6.45) is 3.24. The highest BCUT2D eigenvalue weighted by molar-refractivity contribution is 6.30. The Morgan fingerprint density at radius 2 is 1.81 bits per heavy atom. The molecule has 2 rings (SSSR count). The van der Waals surface area contributed by atoms with E-state index < -0.39 is 0 Å². The van der Waals surface area contributed by atoms with Crippen LogP contribution in [0.1, 0.15) is 24.5 Å². The van der Waals surface area contributed by atoms with Crippen LogP contribution in [0.5, 0.6) is 5.75 Å². The Bertz CT molecular complexity index is 553. The minimum Gasteiger partial charge on any atom is -0.508 e. The number of benzene rings is 2. The molecule has 0 aliphatic heterocycles. The molecule has 2 aromatic carbocycles. The second-order valence-electron chi connectivity index (χ2n) is 5.59. The molecule has 0 amide bonds. The summed E-state index contributed by atoms with van der Waals surface area (Å²) >= 11 is 5.99. The van der Waals surface area contributed by atoms with Gasteiger partial charge in [-0.15, -0.1) is 0 Å². The fourth-order valence-corrected chi connectivity index (χ4v) is 2.61. The summed E-state index contributed by atoms with van der Waals surface area (Å²) < 4.78 is 0. The van der Waals surface area contributed by atoms with Crippen molar-refractivity contribution >= 4 is 11.6 Å². The molecule has 0 bridgehead atoms. The fourth-order valence-electron chi connectivity index (χ4n) is 2.40. The smallest absolute Gasteiger partial charge is 0.115 e. The topological polar surface area (TPSA) is 36.8 Å². The first kappa shape index (κ1) is 15.9. The highest BCUT2D eigenvalue weighted by atomic mass is 35.5. The predicted octanol–water partition coefficient (Wildman–Crippen LogP) is 3.17. The molecule has 112 valence electrons. The van der Waals surface area contributed by atoms with Gasteiger partial charge in [0.25, 0.3) is 0 Å². The Balaban J connectivity index is 1.67. The quantitative estimate of drug-likeness (QED) is 0.810. The minimum absolute atomic E-state index is 0.333. The maximum absolute atomic E-state index is 9.26. The largest absolute Gasteiger partial charge is 0.508 e. The molecule has 0 aromatic heterocycles. The number of nitrogens with two attached hydrogens (primary N) is 1. The van der Waals surface area contributed by atoms with Crippen LogP contribution in [0, 0.1) is 0 Å². The Morgan fingerprint density at radius 3 is 2.52 bits per heavy atom. The zero-order valence-corrected chi connectivity index (χ0v) is 13.2. The molecule has 0 unspecified atom stereocenters.